The summed E-state index contributed by atoms with van der Waals surface area (Å²) in [6, 6.07) is 0. The minimum Gasteiger partial charge on any atom is -0.394 e. The lowest BCUT2D eigenvalue weighted by atomic mass is 9.93. The molecular weight excluding hydrogens is 258 g/mol. The first kappa shape index (κ1) is 14.9. The van der Waals surface area contributed by atoms with Gasteiger partial charge in [-0.3, -0.25) is 4.79 Å². The fourth-order valence-electron chi connectivity index (χ4n) is 1.32. The first-order chi connectivity index (χ1) is 6.92. The Bertz CT molecular complexity index is 194. The lowest BCUT2D eigenvalue weighted by Crippen LogP contribution is -2.53. The van der Waals surface area contributed by atoms with Crippen LogP contribution in [-0.2, 0) is 4.79 Å². The number of halogens is 1. The molecule has 0 heterocycles. The molecular formula is C11H22BrNO2. The van der Waals surface area contributed by atoms with Gasteiger partial charge in [-0.2, -0.15) is 0 Å². The number of aliphatic hydroxyl groups is 1. The predicted octanol–water partition coefficient (Wildman–Crippen LogP) is 2.07. The van der Waals surface area contributed by atoms with Gasteiger partial charge in [0.15, 0.2) is 0 Å². The maximum atomic E-state index is 11.8. The van der Waals surface area contributed by atoms with E-state index in [0.717, 1.165) is 12.8 Å². The van der Waals surface area contributed by atoms with Gasteiger partial charge in [-0.05, 0) is 18.8 Å². The molecule has 0 aliphatic carbocycles. The Balaban J connectivity index is 4.48. The molecule has 0 saturated carbocycles. The van der Waals surface area contributed by atoms with Crippen molar-refractivity contribution in [1.82, 2.24) is 5.32 Å². The molecule has 0 aromatic rings. The summed E-state index contributed by atoms with van der Waals surface area (Å²) in [6.45, 7) is 7.90. The molecule has 0 aromatic heterocycles. The van der Waals surface area contributed by atoms with Crippen molar-refractivity contribution in [2.45, 2.75) is 50.9 Å². The second-order valence-corrected chi connectivity index (χ2v) is 5.27. The van der Waals surface area contributed by atoms with Crippen LogP contribution in [0.3, 0.4) is 0 Å². The SMILES string of the molecule is CCC(CC)(CO)NC(=O)C(Br)C(C)C. The van der Waals surface area contributed by atoms with Crippen LogP contribution in [0, 0.1) is 5.92 Å². The highest BCUT2D eigenvalue weighted by Gasteiger charge is 2.30. The Morgan fingerprint density at radius 2 is 1.87 bits per heavy atom. The smallest absolute Gasteiger partial charge is 0.234 e. The molecule has 1 unspecified atom stereocenters. The number of aliphatic hydroxyl groups excluding tert-OH is 1. The van der Waals surface area contributed by atoms with Gasteiger partial charge < -0.3 is 10.4 Å². The Hall–Kier alpha value is -0.0900. The van der Waals surface area contributed by atoms with E-state index >= 15 is 0 Å². The van der Waals surface area contributed by atoms with Crippen LogP contribution in [0.2, 0.25) is 0 Å². The number of carbonyl (C=O) groups excluding carboxylic acids is 1. The summed E-state index contributed by atoms with van der Waals surface area (Å²) in [7, 11) is 0. The van der Waals surface area contributed by atoms with Gasteiger partial charge in [0.25, 0.3) is 0 Å². The largest absolute Gasteiger partial charge is 0.394 e. The van der Waals surface area contributed by atoms with Crippen molar-refractivity contribution in [3.8, 4) is 0 Å². The number of rotatable bonds is 6. The third-order valence-electron chi connectivity index (χ3n) is 2.88. The Kier molecular flexibility index (Phi) is 6.44. The average Bonchev–Trinajstić information content (AvgIpc) is 2.24. The summed E-state index contributed by atoms with van der Waals surface area (Å²) >= 11 is 3.35. The molecule has 0 radical (unpaired) electrons. The third kappa shape index (κ3) is 4.11. The van der Waals surface area contributed by atoms with E-state index in [1.807, 2.05) is 27.7 Å². The van der Waals surface area contributed by atoms with E-state index < -0.39 is 5.54 Å². The van der Waals surface area contributed by atoms with Gasteiger partial charge in [0.2, 0.25) is 5.91 Å². The molecule has 0 aromatic carbocycles. The van der Waals surface area contributed by atoms with Gasteiger partial charge in [-0.25, -0.2) is 0 Å². The molecule has 1 atom stereocenters. The fourth-order valence-corrected chi connectivity index (χ4v) is 1.44. The van der Waals surface area contributed by atoms with Crippen molar-refractivity contribution in [2.75, 3.05) is 6.61 Å². The zero-order valence-corrected chi connectivity index (χ0v) is 11.6. The number of amides is 1. The first-order valence-corrected chi connectivity index (χ1v) is 6.41. The molecule has 0 aliphatic rings. The highest BCUT2D eigenvalue weighted by atomic mass is 79.9. The van der Waals surface area contributed by atoms with Crippen LogP contribution in [0.15, 0.2) is 0 Å². The molecule has 2 N–H and O–H groups in total. The van der Waals surface area contributed by atoms with Crippen LogP contribution in [0.1, 0.15) is 40.5 Å². The van der Waals surface area contributed by atoms with Crippen molar-refractivity contribution in [2.24, 2.45) is 5.92 Å². The monoisotopic (exact) mass is 279 g/mol. The summed E-state index contributed by atoms with van der Waals surface area (Å²) in [4.78, 5) is 11.6. The number of hydrogen-bond donors (Lipinski definition) is 2. The lowest BCUT2D eigenvalue weighted by molar-refractivity contribution is -0.123. The van der Waals surface area contributed by atoms with Crippen molar-refractivity contribution in [1.29, 1.82) is 0 Å². The van der Waals surface area contributed by atoms with Gasteiger partial charge in [-0.1, -0.05) is 43.6 Å². The van der Waals surface area contributed by atoms with Gasteiger partial charge in [-0.15, -0.1) is 0 Å². The van der Waals surface area contributed by atoms with Crippen LogP contribution < -0.4 is 5.32 Å². The molecule has 1 amide bonds. The average molecular weight is 280 g/mol. The standard InChI is InChI=1S/C11H22BrNO2/c1-5-11(6-2,7-14)13-10(15)9(12)8(3)4/h8-9,14H,5-7H2,1-4H3,(H,13,15). The van der Waals surface area contributed by atoms with E-state index in [4.69, 9.17) is 0 Å². The summed E-state index contributed by atoms with van der Waals surface area (Å²) < 4.78 is 0. The molecule has 0 rings (SSSR count). The Morgan fingerprint density at radius 3 is 2.13 bits per heavy atom. The van der Waals surface area contributed by atoms with Gasteiger partial charge in [0.05, 0.1) is 17.0 Å². The maximum Gasteiger partial charge on any atom is 0.234 e. The van der Waals surface area contributed by atoms with E-state index in [2.05, 4.69) is 21.2 Å². The van der Waals surface area contributed by atoms with Crippen molar-refractivity contribution in [3.05, 3.63) is 0 Å². The molecule has 0 aliphatic heterocycles. The molecule has 4 heteroatoms. The maximum absolute atomic E-state index is 11.8. The Labute approximate surface area is 101 Å². The lowest BCUT2D eigenvalue weighted by Gasteiger charge is -2.32. The minimum absolute atomic E-state index is 0.0104. The summed E-state index contributed by atoms with van der Waals surface area (Å²) in [5.74, 6) is 0.206. The van der Waals surface area contributed by atoms with E-state index in [1.54, 1.807) is 0 Å². The van der Waals surface area contributed by atoms with Crippen LogP contribution in [0.5, 0.6) is 0 Å². The zero-order valence-electron chi connectivity index (χ0n) is 10.0. The number of nitrogens with one attached hydrogen (secondary N) is 1. The van der Waals surface area contributed by atoms with Crippen LogP contribution >= 0.6 is 15.9 Å². The molecule has 90 valence electrons. The fraction of sp³-hybridized carbons (Fsp3) is 0.909. The van der Waals surface area contributed by atoms with Crippen LogP contribution in [0.25, 0.3) is 0 Å². The quantitative estimate of drug-likeness (QED) is 0.732. The topological polar surface area (TPSA) is 49.3 Å². The first-order valence-electron chi connectivity index (χ1n) is 5.49. The molecule has 0 spiro atoms. The molecule has 0 fully saturated rings. The van der Waals surface area contributed by atoms with E-state index in [0.29, 0.717) is 0 Å². The van der Waals surface area contributed by atoms with E-state index in [-0.39, 0.29) is 23.3 Å². The van der Waals surface area contributed by atoms with Gasteiger partial charge in [0.1, 0.15) is 0 Å². The molecule has 0 bridgehead atoms. The van der Waals surface area contributed by atoms with Crippen molar-refractivity contribution in [3.63, 3.8) is 0 Å². The Morgan fingerprint density at radius 1 is 1.40 bits per heavy atom. The predicted molar refractivity (Wildman–Crippen MR) is 66.1 cm³/mol. The van der Waals surface area contributed by atoms with Crippen molar-refractivity contribution >= 4 is 21.8 Å². The number of hydrogen-bond acceptors (Lipinski definition) is 2. The zero-order chi connectivity index (χ0) is 12.1. The summed E-state index contributed by atoms with van der Waals surface area (Å²) in [5.41, 5.74) is -0.460. The normalized spacial score (nSPS) is 14.1. The van der Waals surface area contributed by atoms with Gasteiger partial charge in [0, 0.05) is 0 Å². The third-order valence-corrected chi connectivity index (χ3v) is 4.35. The second-order valence-electron chi connectivity index (χ2n) is 4.28. The van der Waals surface area contributed by atoms with Gasteiger partial charge >= 0.3 is 0 Å². The highest BCUT2D eigenvalue weighted by Crippen LogP contribution is 2.18. The minimum atomic E-state index is -0.460. The molecule has 0 saturated heterocycles. The number of carbonyl (C=O) groups is 1. The summed E-state index contributed by atoms with van der Waals surface area (Å²) in [5, 5.41) is 12.2. The summed E-state index contributed by atoms with van der Waals surface area (Å²) in [6.07, 6.45) is 1.48. The van der Waals surface area contributed by atoms with E-state index in [1.165, 1.54) is 0 Å². The van der Waals surface area contributed by atoms with Crippen molar-refractivity contribution < 1.29 is 9.90 Å². The van der Waals surface area contributed by atoms with E-state index in [9.17, 15) is 9.90 Å². The van der Waals surface area contributed by atoms with Crippen LogP contribution in [-0.4, -0.2) is 28.0 Å². The van der Waals surface area contributed by atoms with Crippen LogP contribution in [0.4, 0.5) is 0 Å². The molecule has 15 heavy (non-hydrogen) atoms. The second kappa shape index (κ2) is 6.48. The molecule has 3 nitrogen and oxygen atoms in total. The highest BCUT2D eigenvalue weighted by molar-refractivity contribution is 9.10. The number of alkyl halides is 1.